The number of allylic oxidation sites excluding steroid dienone is 2. The van der Waals surface area contributed by atoms with E-state index in [1.54, 1.807) is 6.07 Å². The van der Waals surface area contributed by atoms with E-state index in [0.29, 0.717) is 17.9 Å². The van der Waals surface area contributed by atoms with E-state index in [1.165, 1.54) is 0 Å². The maximum absolute atomic E-state index is 12.3. The third kappa shape index (κ3) is 3.15. The molecule has 1 aromatic carbocycles. The standard InChI is InChI=1S/C17H17ClN2O3/c18-14-8-4-1-5-11(14)9-19-15(21)10-20-16(22)12-6-2-3-7-13(12)17(20)23/h1-5,8,12-13H,6-7,9-10H2,(H,19,21)/t12-,13-/m1/s1. The number of hydrogen-bond acceptors (Lipinski definition) is 3. The first kappa shape index (κ1) is 15.7. The van der Waals surface area contributed by atoms with Crippen molar-refractivity contribution in [2.45, 2.75) is 19.4 Å². The van der Waals surface area contributed by atoms with Crippen molar-refractivity contribution >= 4 is 29.3 Å². The highest BCUT2D eigenvalue weighted by molar-refractivity contribution is 6.31. The summed E-state index contributed by atoms with van der Waals surface area (Å²) >= 11 is 6.03. The van der Waals surface area contributed by atoms with Crippen LogP contribution in [0.25, 0.3) is 0 Å². The van der Waals surface area contributed by atoms with Crippen molar-refractivity contribution in [3.8, 4) is 0 Å². The highest BCUT2D eigenvalue weighted by Crippen LogP contribution is 2.34. The number of likely N-dealkylation sites (tertiary alicyclic amines) is 1. The smallest absolute Gasteiger partial charge is 0.240 e. The molecular weight excluding hydrogens is 316 g/mol. The van der Waals surface area contributed by atoms with Crippen LogP contribution in [-0.2, 0) is 20.9 Å². The Morgan fingerprint density at radius 1 is 1.13 bits per heavy atom. The van der Waals surface area contributed by atoms with Crippen LogP contribution in [-0.4, -0.2) is 29.2 Å². The number of benzene rings is 1. The van der Waals surface area contributed by atoms with Gasteiger partial charge in [0.15, 0.2) is 0 Å². The fraction of sp³-hybridized carbons (Fsp3) is 0.353. The number of hydrogen-bond donors (Lipinski definition) is 1. The maximum atomic E-state index is 12.3. The van der Waals surface area contributed by atoms with E-state index in [4.69, 9.17) is 11.6 Å². The minimum atomic E-state index is -0.363. The van der Waals surface area contributed by atoms with Gasteiger partial charge in [0, 0.05) is 11.6 Å². The van der Waals surface area contributed by atoms with Gasteiger partial charge >= 0.3 is 0 Å². The van der Waals surface area contributed by atoms with Crippen LogP contribution >= 0.6 is 11.6 Å². The molecule has 3 amide bonds. The van der Waals surface area contributed by atoms with E-state index < -0.39 is 0 Å². The molecule has 1 fully saturated rings. The summed E-state index contributed by atoms with van der Waals surface area (Å²) < 4.78 is 0. The predicted molar refractivity (Wildman–Crippen MR) is 85.4 cm³/mol. The molecule has 0 aromatic heterocycles. The molecule has 1 aliphatic carbocycles. The largest absolute Gasteiger partial charge is 0.350 e. The first-order valence-electron chi connectivity index (χ1n) is 7.58. The molecule has 1 N–H and O–H groups in total. The molecule has 1 heterocycles. The Bertz CT molecular complexity index is 660. The number of fused-ring (bicyclic) bond motifs is 1. The zero-order valence-electron chi connectivity index (χ0n) is 12.5. The van der Waals surface area contributed by atoms with E-state index in [1.807, 2.05) is 30.4 Å². The number of halogens is 1. The first-order valence-corrected chi connectivity index (χ1v) is 7.96. The van der Waals surface area contributed by atoms with Gasteiger partial charge in [0.1, 0.15) is 6.54 Å². The minimum Gasteiger partial charge on any atom is -0.350 e. The van der Waals surface area contributed by atoms with E-state index in [9.17, 15) is 14.4 Å². The molecule has 1 aliphatic heterocycles. The van der Waals surface area contributed by atoms with E-state index in [-0.39, 0.29) is 42.6 Å². The number of carbonyl (C=O) groups is 3. The van der Waals surface area contributed by atoms with Crippen molar-refractivity contribution in [1.82, 2.24) is 10.2 Å². The second-order valence-corrected chi connectivity index (χ2v) is 6.19. The summed E-state index contributed by atoms with van der Waals surface area (Å²) in [6.45, 7) is 0.0399. The van der Waals surface area contributed by atoms with Crippen LogP contribution < -0.4 is 5.32 Å². The van der Waals surface area contributed by atoms with Crippen LogP contribution in [0.15, 0.2) is 36.4 Å². The van der Waals surface area contributed by atoms with Crippen molar-refractivity contribution in [1.29, 1.82) is 0 Å². The summed E-state index contributed by atoms with van der Waals surface area (Å²) in [5, 5.41) is 3.27. The van der Waals surface area contributed by atoms with Gasteiger partial charge in [-0.1, -0.05) is 42.0 Å². The number of carbonyl (C=O) groups excluding carboxylic acids is 3. The normalized spacial score (nSPS) is 23.1. The van der Waals surface area contributed by atoms with Gasteiger partial charge < -0.3 is 5.32 Å². The second-order valence-electron chi connectivity index (χ2n) is 5.79. The van der Waals surface area contributed by atoms with Crippen LogP contribution in [0.3, 0.4) is 0 Å². The lowest BCUT2D eigenvalue weighted by Gasteiger charge is -2.14. The summed E-state index contributed by atoms with van der Waals surface area (Å²) in [7, 11) is 0. The molecule has 1 saturated heterocycles. The molecule has 2 aliphatic rings. The Morgan fingerprint density at radius 2 is 1.74 bits per heavy atom. The van der Waals surface area contributed by atoms with Gasteiger partial charge in [0.25, 0.3) is 0 Å². The summed E-state index contributed by atoms with van der Waals surface area (Å²) in [5.74, 6) is -1.44. The van der Waals surface area contributed by atoms with Gasteiger partial charge in [-0.05, 0) is 24.5 Å². The monoisotopic (exact) mass is 332 g/mol. The third-order valence-corrected chi connectivity index (χ3v) is 4.70. The fourth-order valence-electron chi connectivity index (χ4n) is 3.06. The van der Waals surface area contributed by atoms with E-state index in [2.05, 4.69) is 5.32 Å². The quantitative estimate of drug-likeness (QED) is 0.676. The number of nitrogens with one attached hydrogen (secondary N) is 1. The molecule has 0 unspecified atom stereocenters. The zero-order valence-corrected chi connectivity index (χ0v) is 13.3. The van der Waals surface area contributed by atoms with Gasteiger partial charge in [-0.15, -0.1) is 0 Å². The molecule has 120 valence electrons. The van der Waals surface area contributed by atoms with Gasteiger partial charge in [-0.3, -0.25) is 19.3 Å². The van der Waals surface area contributed by atoms with Gasteiger partial charge in [0.05, 0.1) is 11.8 Å². The van der Waals surface area contributed by atoms with Crippen LogP contribution in [0.1, 0.15) is 18.4 Å². The lowest BCUT2D eigenvalue weighted by atomic mass is 9.85. The van der Waals surface area contributed by atoms with Crippen LogP contribution in [0.5, 0.6) is 0 Å². The van der Waals surface area contributed by atoms with Crippen molar-refractivity contribution in [3.05, 3.63) is 47.0 Å². The number of amides is 3. The van der Waals surface area contributed by atoms with Crippen LogP contribution in [0, 0.1) is 11.8 Å². The molecule has 1 aromatic rings. The maximum Gasteiger partial charge on any atom is 0.240 e. The topological polar surface area (TPSA) is 66.5 Å². The fourth-order valence-corrected chi connectivity index (χ4v) is 3.26. The average molecular weight is 333 g/mol. The summed E-state index contributed by atoms with van der Waals surface area (Å²) in [6.07, 6.45) is 5.00. The Kier molecular flexibility index (Phi) is 4.48. The number of rotatable bonds is 4. The molecule has 5 nitrogen and oxygen atoms in total. The average Bonchev–Trinajstić information content (AvgIpc) is 2.80. The Labute approximate surface area is 139 Å². The van der Waals surface area contributed by atoms with Crippen molar-refractivity contribution < 1.29 is 14.4 Å². The highest BCUT2D eigenvalue weighted by Gasteiger charge is 2.47. The molecule has 0 spiro atoms. The molecular formula is C17H17ClN2O3. The minimum absolute atomic E-state index is 0.227. The molecule has 23 heavy (non-hydrogen) atoms. The van der Waals surface area contributed by atoms with Crippen molar-refractivity contribution in [2.75, 3.05) is 6.54 Å². The third-order valence-electron chi connectivity index (χ3n) is 4.33. The Balaban J connectivity index is 1.59. The van der Waals surface area contributed by atoms with Crippen LogP contribution in [0.2, 0.25) is 5.02 Å². The van der Waals surface area contributed by atoms with Crippen molar-refractivity contribution in [3.63, 3.8) is 0 Å². The van der Waals surface area contributed by atoms with Gasteiger partial charge in [-0.25, -0.2) is 0 Å². The summed E-state index contributed by atoms with van der Waals surface area (Å²) in [5.41, 5.74) is 0.791. The summed E-state index contributed by atoms with van der Waals surface area (Å²) in [6, 6.07) is 7.20. The van der Waals surface area contributed by atoms with Gasteiger partial charge in [-0.2, -0.15) is 0 Å². The first-order chi connectivity index (χ1) is 11.1. The summed E-state index contributed by atoms with van der Waals surface area (Å²) in [4.78, 5) is 37.7. The van der Waals surface area contributed by atoms with Crippen LogP contribution in [0.4, 0.5) is 0 Å². The molecule has 0 radical (unpaired) electrons. The Hall–Kier alpha value is -2.14. The Morgan fingerprint density at radius 3 is 2.35 bits per heavy atom. The second kappa shape index (κ2) is 6.54. The lowest BCUT2D eigenvalue weighted by molar-refractivity contribution is -0.143. The zero-order chi connectivity index (χ0) is 16.4. The lowest BCUT2D eigenvalue weighted by Crippen LogP contribution is -2.40. The molecule has 0 saturated carbocycles. The highest BCUT2D eigenvalue weighted by atomic mass is 35.5. The SMILES string of the molecule is O=C(CN1C(=O)[C@@H]2CC=CC[C@H]2C1=O)NCc1ccccc1Cl. The number of nitrogens with zero attached hydrogens (tertiary/aromatic N) is 1. The molecule has 3 rings (SSSR count). The predicted octanol–water partition coefficient (Wildman–Crippen LogP) is 1.91. The molecule has 2 atom stereocenters. The number of imide groups is 1. The molecule has 0 bridgehead atoms. The van der Waals surface area contributed by atoms with E-state index in [0.717, 1.165) is 10.5 Å². The molecule has 6 heteroatoms. The van der Waals surface area contributed by atoms with Crippen molar-refractivity contribution in [2.24, 2.45) is 11.8 Å². The van der Waals surface area contributed by atoms with E-state index >= 15 is 0 Å². The van der Waals surface area contributed by atoms with Gasteiger partial charge in [0.2, 0.25) is 17.7 Å².